The third-order valence-corrected chi connectivity index (χ3v) is 1.55. The predicted molar refractivity (Wildman–Crippen MR) is 47.3 cm³/mol. The van der Waals surface area contributed by atoms with Gasteiger partial charge in [0.1, 0.15) is 0 Å². The van der Waals surface area contributed by atoms with Crippen LogP contribution in [0.25, 0.3) is 0 Å². The Hall–Kier alpha value is -0.790. The minimum absolute atomic E-state index is 0.221. The molecule has 0 aliphatic carbocycles. The van der Waals surface area contributed by atoms with Gasteiger partial charge < -0.3 is 5.32 Å². The summed E-state index contributed by atoms with van der Waals surface area (Å²) < 4.78 is 0. The highest BCUT2D eigenvalue weighted by molar-refractivity contribution is 5.90. The average Bonchev–Trinajstić information content (AvgIpc) is 2.00. The normalized spacial score (nSPS) is 11.4. The molecule has 0 unspecified atom stereocenters. The van der Waals surface area contributed by atoms with Crippen molar-refractivity contribution < 1.29 is 4.79 Å². The second kappa shape index (κ2) is 5.96. The number of allylic oxidation sites excluding steroid dienone is 2. The lowest BCUT2D eigenvalue weighted by molar-refractivity contribution is -0.114. The van der Waals surface area contributed by atoms with Gasteiger partial charge in [0.15, 0.2) is 5.78 Å². The summed E-state index contributed by atoms with van der Waals surface area (Å²) in [5.74, 6) is 0.221. The lowest BCUT2D eigenvalue weighted by Crippen LogP contribution is -2.04. The average molecular weight is 155 g/mol. The molecule has 0 fully saturated rings. The lowest BCUT2D eigenvalue weighted by Gasteiger charge is -1.97. The number of hydrogen-bond donors (Lipinski definition) is 1. The van der Waals surface area contributed by atoms with Gasteiger partial charge in [-0.2, -0.15) is 0 Å². The number of carbonyl (C=O) groups excluding carboxylic acids is 1. The van der Waals surface area contributed by atoms with Gasteiger partial charge >= 0.3 is 0 Å². The maximum atomic E-state index is 11.1. The van der Waals surface area contributed by atoms with Gasteiger partial charge in [0, 0.05) is 19.2 Å². The van der Waals surface area contributed by atoms with E-state index in [-0.39, 0.29) is 5.78 Å². The molecule has 0 radical (unpaired) electrons. The van der Waals surface area contributed by atoms with Gasteiger partial charge in [-0.25, -0.2) is 0 Å². The first-order valence-electron chi connectivity index (χ1n) is 4.09. The van der Waals surface area contributed by atoms with Crippen LogP contribution in [0.2, 0.25) is 0 Å². The van der Waals surface area contributed by atoms with E-state index >= 15 is 0 Å². The molecule has 0 aromatic carbocycles. The Labute approximate surface area is 68.7 Å². The van der Waals surface area contributed by atoms with E-state index in [1.165, 1.54) is 0 Å². The SMILES string of the molecule is CCCCC(=O)C=C(C)NC. The van der Waals surface area contributed by atoms with Crippen molar-refractivity contribution in [3.63, 3.8) is 0 Å². The van der Waals surface area contributed by atoms with E-state index in [1.807, 2.05) is 14.0 Å². The molecule has 0 spiro atoms. The highest BCUT2D eigenvalue weighted by Crippen LogP contribution is 1.97. The van der Waals surface area contributed by atoms with Crippen LogP contribution in [-0.2, 0) is 4.79 Å². The van der Waals surface area contributed by atoms with E-state index in [0.29, 0.717) is 6.42 Å². The van der Waals surface area contributed by atoms with Crippen molar-refractivity contribution in [2.24, 2.45) is 0 Å². The smallest absolute Gasteiger partial charge is 0.157 e. The summed E-state index contributed by atoms with van der Waals surface area (Å²) >= 11 is 0. The number of nitrogens with one attached hydrogen (secondary N) is 1. The molecule has 0 saturated carbocycles. The van der Waals surface area contributed by atoms with Crippen LogP contribution in [0.1, 0.15) is 33.1 Å². The molecule has 0 aromatic rings. The first kappa shape index (κ1) is 10.2. The molecule has 0 amide bonds. The van der Waals surface area contributed by atoms with E-state index in [9.17, 15) is 4.79 Å². The molecule has 1 N–H and O–H groups in total. The van der Waals surface area contributed by atoms with Crippen molar-refractivity contribution in [3.05, 3.63) is 11.8 Å². The molecular formula is C9H17NO. The van der Waals surface area contributed by atoms with Crippen molar-refractivity contribution in [3.8, 4) is 0 Å². The van der Waals surface area contributed by atoms with Crippen LogP contribution in [-0.4, -0.2) is 12.8 Å². The lowest BCUT2D eigenvalue weighted by atomic mass is 10.2. The van der Waals surface area contributed by atoms with Gasteiger partial charge in [0.05, 0.1) is 0 Å². The molecule has 0 heterocycles. The van der Waals surface area contributed by atoms with E-state index < -0.39 is 0 Å². The Morgan fingerprint density at radius 1 is 1.55 bits per heavy atom. The first-order chi connectivity index (χ1) is 5.20. The monoisotopic (exact) mass is 155 g/mol. The van der Waals surface area contributed by atoms with Crippen LogP contribution in [0.15, 0.2) is 11.8 Å². The molecule has 2 heteroatoms. The standard InChI is InChI=1S/C9H17NO/c1-4-5-6-9(11)7-8(2)10-3/h7,10H,4-6H2,1-3H3. The third-order valence-electron chi connectivity index (χ3n) is 1.55. The fraction of sp³-hybridized carbons (Fsp3) is 0.667. The Kier molecular flexibility index (Phi) is 5.53. The Bertz CT molecular complexity index is 150. The summed E-state index contributed by atoms with van der Waals surface area (Å²) in [4.78, 5) is 11.1. The maximum Gasteiger partial charge on any atom is 0.157 e. The molecule has 2 nitrogen and oxygen atoms in total. The van der Waals surface area contributed by atoms with Gasteiger partial charge in [-0.15, -0.1) is 0 Å². The largest absolute Gasteiger partial charge is 0.392 e. The molecule has 0 aromatic heterocycles. The van der Waals surface area contributed by atoms with Crippen molar-refractivity contribution >= 4 is 5.78 Å². The van der Waals surface area contributed by atoms with Gasteiger partial charge in [0.25, 0.3) is 0 Å². The number of carbonyl (C=O) groups is 1. The first-order valence-corrected chi connectivity index (χ1v) is 4.09. The third kappa shape index (κ3) is 5.64. The summed E-state index contributed by atoms with van der Waals surface area (Å²) in [5, 5.41) is 2.91. The van der Waals surface area contributed by atoms with Crippen LogP contribution in [0.3, 0.4) is 0 Å². The Morgan fingerprint density at radius 3 is 2.64 bits per heavy atom. The summed E-state index contributed by atoms with van der Waals surface area (Å²) in [6, 6.07) is 0. The van der Waals surface area contributed by atoms with Crippen molar-refractivity contribution in [2.75, 3.05) is 7.05 Å². The highest BCUT2D eigenvalue weighted by atomic mass is 16.1. The zero-order valence-electron chi connectivity index (χ0n) is 7.61. The number of rotatable bonds is 5. The molecule has 0 bridgehead atoms. The van der Waals surface area contributed by atoms with Crippen LogP contribution < -0.4 is 5.32 Å². The van der Waals surface area contributed by atoms with E-state index in [4.69, 9.17) is 0 Å². The second-order valence-corrected chi connectivity index (χ2v) is 2.65. The predicted octanol–water partition coefficient (Wildman–Crippen LogP) is 1.87. The second-order valence-electron chi connectivity index (χ2n) is 2.65. The summed E-state index contributed by atoms with van der Waals surface area (Å²) in [6.45, 7) is 3.98. The van der Waals surface area contributed by atoms with Crippen LogP contribution in [0.4, 0.5) is 0 Å². The Balaban J connectivity index is 3.67. The number of hydrogen-bond acceptors (Lipinski definition) is 2. The van der Waals surface area contributed by atoms with E-state index in [0.717, 1.165) is 18.5 Å². The van der Waals surface area contributed by atoms with Gasteiger partial charge in [-0.05, 0) is 19.4 Å². The fourth-order valence-corrected chi connectivity index (χ4v) is 0.737. The molecule has 0 saturated heterocycles. The Morgan fingerprint density at radius 2 is 2.18 bits per heavy atom. The zero-order chi connectivity index (χ0) is 8.69. The maximum absolute atomic E-state index is 11.1. The zero-order valence-corrected chi connectivity index (χ0v) is 7.61. The molecule has 0 aliphatic rings. The molecule has 0 rings (SSSR count). The highest BCUT2D eigenvalue weighted by Gasteiger charge is 1.95. The number of ketones is 1. The molecule has 11 heavy (non-hydrogen) atoms. The number of unbranched alkanes of at least 4 members (excludes halogenated alkanes) is 1. The quantitative estimate of drug-likeness (QED) is 0.614. The molecule has 64 valence electrons. The van der Waals surface area contributed by atoms with Gasteiger partial charge in [-0.3, -0.25) is 4.79 Å². The van der Waals surface area contributed by atoms with Crippen LogP contribution in [0, 0.1) is 0 Å². The summed E-state index contributed by atoms with van der Waals surface area (Å²) in [6.07, 6.45) is 4.41. The van der Waals surface area contributed by atoms with Crippen LogP contribution in [0.5, 0.6) is 0 Å². The summed E-state index contributed by atoms with van der Waals surface area (Å²) in [5.41, 5.74) is 0.936. The molecular weight excluding hydrogens is 138 g/mol. The van der Waals surface area contributed by atoms with Crippen LogP contribution >= 0.6 is 0 Å². The van der Waals surface area contributed by atoms with E-state index in [2.05, 4.69) is 12.2 Å². The van der Waals surface area contributed by atoms with Gasteiger partial charge in [0.2, 0.25) is 0 Å². The fourth-order valence-electron chi connectivity index (χ4n) is 0.737. The summed E-state index contributed by atoms with van der Waals surface area (Å²) in [7, 11) is 1.82. The molecule has 0 aliphatic heterocycles. The van der Waals surface area contributed by atoms with Crippen molar-refractivity contribution in [1.29, 1.82) is 0 Å². The van der Waals surface area contributed by atoms with Crippen molar-refractivity contribution in [1.82, 2.24) is 5.32 Å². The molecule has 0 atom stereocenters. The van der Waals surface area contributed by atoms with Crippen molar-refractivity contribution in [2.45, 2.75) is 33.1 Å². The minimum atomic E-state index is 0.221. The topological polar surface area (TPSA) is 29.1 Å². The van der Waals surface area contributed by atoms with Gasteiger partial charge in [-0.1, -0.05) is 13.3 Å². The minimum Gasteiger partial charge on any atom is -0.392 e. The van der Waals surface area contributed by atoms with E-state index in [1.54, 1.807) is 6.08 Å².